The summed E-state index contributed by atoms with van der Waals surface area (Å²) in [6.07, 6.45) is 4.02. The molecule has 100 valence electrons. The topological polar surface area (TPSA) is 46.3 Å². The molecule has 2 atom stereocenters. The Balaban J connectivity index is 1.89. The molecular formula is C14H22N2OS. The fraction of sp³-hybridized carbons (Fsp3) is 0.643. The molecule has 1 amide bonds. The third-order valence-corrected chi connectivity index (χ3v) is 4.72. The van der Waals surface area contributed by atoms with Crippen LogP contribution in [-0.4, -0.2) is 29.9 Å². The number of hydrogen-bond donors (Lipinski definition) is 1. The van der Waals surface area contributed by atoms with Crippen molar-refractivity contribution in [1.82, 2.24) is 4.90 Å². The zero-order valence-corrected chi connectivity index (χ0v) is 11.8. The van der Waals surface area contributed by atoms with Crippen molar-refractivity contribution in [2.75, 3.05) is 13.1 Å². The van der Waals surface area contributed by atoms with Crippen LogP contribution in [-0.2, 0) is 11.2 Å². The van der Waals surface area contributed by atoms with Crippen LogP contribution in [0.15, 0.2) is 17.5 Å². The molecule has 18 heavy (non-hydrogen) atoms. The summed E-state index contributed by atoms with van der Waals surface area (Å²) in [4.78, 5) is 15.7. The minimum absolute atomic E-state index is 0.0632. The Labute approximate surface area is 113 Å². The summed E-state index contributed by atoms with van der Waals surface area (Å²) in [6.45, 7) is 3.65. The Hall–Kier alpha value is -0.870. The van der Waals surface area contributed by atoms with E-state index in [4.69, 9.17) is 5.73 Å². The second kappa shape index (κ2) is 6.34. The lowest BCUT2D eigenvalue weighted by Crippen LogP contribution is -2.42. The number of carbonyl (C=O) groups is 1. The number of nitrogens with two attached hydrogens (primary N) is 1. The summed E-state index contributed by atoms with van der Waals surface area (Å²) in [5, 5.41) is 2.08. The lowest BCUT2D eigenvalue weighted by Gasteiger charge is -2.26. The highest BCUT2D eigenvalue weighted by Crippen LogP contribution is 2.26. The van der Waals surface area contributed by atoms with Gasteiger partial charge in [0.05, 0.1) is 5.92 Å². The lowest BCUT2D eigenvalue weighted by molar-refractivity contribution is -0.135. The van der Waals surface area contributed by atoms with Gasteiger partial charge in [0.25, 0.3) is 0 Å². The molecule has 1 heterocycles. The normalized spacial score (nSPS) is 23.2. The van der Waals surface area contributed by atoms with Gasteiger partial charge in [-0.1, -0.05) is 12.5 Å². The molecule has 1 fully saturated rings. The first-order valence-corrected chi connectivity index (χ1v) is 7.67. The average molecular weight is 266 g/mol. The molecule has 0 spiro atoms. The first-order valence-electron chi connectivity index (χ1n) is 6.79. The first kappa shape index (κ1) is 13.6. The van der Waals surface area contributed by atoms with Gasteiger partial charge in [-0.05, 0) is 37.6 Å². The van der Waals surface area contributed by atoms with E-state index in [1.165, 1.54) is 4.88 Å². The van der Waals surface area contributed by atoms with Crippen molar-refractivity contribution in [3.05, 3.63) is 22.4 Å². The van der Waals surface area contributed by atoms with Crippen molar-refractivity contribution < 1.29 is 4.79 Å². The average Bonchev–Trinajstić information content (AvgIpc) is 3.00. The van der Waals surface area contributed by atoms with Crippen molar-refractivity contribution in [3.63, 3.8) is 0 Å². The molecule has 1 aromatic rings. The molecule has 0 aliphatic heterocycles. The molecule has 1 aromatic heterocycles. The minimum Gasteiger partial charge on any atom is -0.342 e. The van der Waals surface area contributed by atoms with Gasteiger partial charge in [-0.15, -0.1) is 11.3 Å². The Kier molecular flexibility index (Phi) is 4.78. The molecule has 2 N–H and O–H groups in total. The van der Waals surface area contributed by atoms with Crippen LogP contribution in [0.2, 0.25) is 0 Å². The smallest absolute Gasteiger partial charge is 0.227 e. The number of carbonyl (C=O) groups excluding carboxylic acids is 1. The summed E-state index contributed by atoms with van der Waals surface area (Å²) >= 11 is 1.76. The third-order valence-electron chi connectivity index (χ3n) is 3.79. The highest BCUT2D eigenvalue weighted by atomic mass is 32.1. The maximum atomic E-state index is 12.4. The molecular weight excluding hydrogens is 244 g/mol. The van der Waals surface area contributed by atoms with E-state index in [-0.39, 0.29) is 17.9 Å². The van der Waals surface area contributed by atoms with Crippen LogP contribution >= 0.6 is 11.3 Å². The predicted molar refractivity (Wildman–Crippen MR) is 75.6 cm³/mol. The third kappa shape index (κ3) is 3.12. The second-order valence-electron chi connectivity index (χ2n) is 4.95. The molecule has 0 radical (unpaired) electrons. The highest BCUT2D eigenvalue weighted by molar-refractivity contribution is 7.09. The summed E-state index contributed by atoms with van der Waals surface area (Å²) < 4.78 is 0. The van der Waals surface area contributed by atoms with Crippen molar-refractivity contribution in [2.45, 2.75) is 38.6 Å². The largest absolute Gasteiger partial charge is 0.342 e. The fourth-order valence-electron chi connectivity index (χ4n) is 2.65. The van der Waals surface area contributed by atoms with Crippen LogP contribution in [0.1, 0.15) is 31.1 Å². The molecule has 3 nitrogen and oxygen atoms in total. The van der Waals surface area contributed by atoms with Crippen molar-refractivity contribution in [1.29, 1.82) is 0 Å². The maximum Gasteiger partial charge on any atom is 0.227 e. The van der Waals surface area contributed by atoms with E-state index in [9.17, 15) is 4.79 Å². The number of thiophene rings is 1. The number of amides is 1. The number of nitrogens with zero attached hydrogens (tertiary/aromatic N) is 1. The van der Waals surface area contributed by atoms with Gasteiger partial charge in [0.15, 0.2) is 0 Å². The molecule has 4 heteroatoms. The summed E-state index contributed by atoms with van der Waals surface area (Å²) in [5.41, 5.74) is 6.02. The molecule has 2 unspecified atom stereocenters. The Morgan fingerprint density at radius 3 is 2.94 bits per heavy atom. The number of hydrogen-bond acceptors (Lipinski definition) is 3. The van der Waals surface area contributed by atoms with E-state index in [1.54, 1.807) is 11.3 Å². The van der Waals surface area contributed by atoms with Gasteiger partial charge >= 0.3 is 0 Å². The fourth-order valence-corrected chi connectivity index (χ4v) is 3.35. The molecule has 2 rings (SSSR count). The van der Waals surface area contributed by atoms with Crippen LogP contribution in [0, 0.1) is 5.92 Å². The predicted octanol–water partition coefficient (Wildman–Crippen LogP) is 2.27. The van der Waals surface area contributed by atoms with Crippen LogP contribution in [0.25, 0.3) is 0 Å². The zero-order valence-electron chi connectivity index (χ0n) is 11.0. The van der Waals surface area contributed by atoms with Gasteiger partial charge in [-0.2, -0.15) is 0 Å². The van der Waals surface area contributed by atoms with Crippen LogP contribution < -0.4 is 5.73 Å². The highest BCUT2D eigenvalue weighted by Gasteiger charge is 2.32. The molecule has 0 bridgehead atoms. The molecule has 1 aliphatic carbocycles. The monoisotopic (exact) mass is 266 g/mol. The molecule has 0 saturated heterocycles. The maximum absolute atomic E-state index is 12.4. The standard InChI is InChI=1S/C14H22N2OS/c1-2-16(9-8-11-5-4-10-18-11)14(17)12-6-3-7-13(12)15/h4-5,10,12-13H,2-3,6-9,15H2,1H3. The van der Waals surface area contributed by atoms with Gasteiger partial charge in [-0.25, -0.2) is 0 Å². The Morgan fingerprint density at radius 2 is 2.39 bits per heavy atom. The molecule has 0 aromatic carbocycles. The quantitative estimate of drug-likeness (QED) is 0.888. The number of likely N-dealkylation sites (N-methyl/N-ethyl adjacent to an activating group) is 1. The van der Waals surface area contributed by atoms with Gasteiger partial charge in [-0.3, -0.25) is 4.79 Å². The van der Waals surface area contributed by atoms with Gasteiger partial charge < -0.3 is 10.6 Å². The second-order valence-corrected chi connectivity index (χ2v) is 5.98. The summed E-state index contributed by atoms with van der Waals surface area (Å²) in [5.74, 6) is 0.326. The first-order chi connectivity index (χ1) is 8.72. The van der Waals surface area contributed by atoms with E-state index in [0.717, 1.165) is 38.8 Å². The lowest BCUT2D eigenvalue weighted by atomic mass is 10.0. The van der Waals surface area contributed by atoms with E-state index >= 15 is 0 Å². The summed E-state index contributed by atoms with van der Waals surface area (Å²) in [7, 11) is 0. The Bertz CT molecular complexity index is 377. The van der Waals surface area contributed by atoms with E-state index in [2.05, 4.69) is 17.5 Å². The molecule has 1 aliphatic rings. The van der Waals surface area contributed by atoms with E-state index in [1.807, 2.05) is 11.8 Å². The van der Waals surface area contributed by atoms with Crippen LogP contribution in [0.3, 0.4) is 0 Å². The van der Waals surface area contributed by atoms with Gasteiger partial charge in [0, 0.05) is 24.0 Å². The number of rotatable bonds is 5. The van der Waals surface area contributed by atoms with E-state index in [0.29, 0.717) is 0 Å². The van der Waals surface area contributed by atoms with Crippen molar-refractivity contribution in [2.24, 2.45) is 11.7 Å². The van der Waals surface area contributed by atoms with Gasteiger partial charge in [0.1, 0.15) is 0 Å². The van der Waals surface area contributed by atoms with Gasteiger partial charge in [0.2, 0.25) is 5.91 Å². The van der Waals surface area contributed by atoms with E-state index < -0.39 is 0 Å². The van der Waals surface area contributed by atoms with Crippen LogP contribution in [0.4, 0.5) is 0 Å². The van der Waals surface area contributed by atoms with Crippen molar-refractivity contribution in [3.8, 4) is 0 Å². The Morgan fingerprint density at radius 1 is 1.56 bits per heavy atom. The zero-order chi connectivity index (χ0) is 13.0. The molecule has 1 saturated carbocycles. The minimum atomic E-state index is 0.0632. The SMILES string of the molecule is CCN(CCc1cccs1)C(=O)C1CCCC1N. The summed E-state index contributed by atoms with van der Waals surface area (Å²) in [6, 6.07) is 4.27. The van der Waals surface area contributed by atoms with Crippen molar-refractivity contribution >= 4 is 17.2 Å². The van der Waals surface area contributed by atoms with Crippen LogP contribution in [0.5, 0.6) is 0 Å².